The minimum Gasteiger partial charge on any atom is -0.488 e. The number of halogens is 5. The highest BCUT2D eigenvalue weighted by Crippen LogP contribution is 2.36. The maximum Gasteiger partial charge on any atom is 0.573 e. The number of ether oxygens (including phenoxy) is 3. The van der Waals surface area contributed by atoms with Gasteiger partial charge in [-0.2, -0.15) is 0 Å². The number of hydrogen-bond donors (Lipinski definition) is 0. The molecular formula is C13H13BrClF3O3. The smallest absolute Gasteiger partial charge is 0.488 e. The molecule has 0 radical (unpaired) electrons. The van der Waals surface area contributed by atoms with Crippen LogP contribution in [0.15, 0.2) is 22.7 Å². The predicted octanol–water partition coefficient (Wildman–Crippen LogP) is 4.51. The van der Waals surface area contributed by atoms with Crippen molar-refractivity contribution < 1.29 is 27.4 Å². The molecule has 2 rings (SSSR count). The Morgan fingerprint density at radius 2 is 2.10 bits per heavy atom. The predicted molar refractivity (Wildman–Crippen MR) is 74.9 cm³/mol. The van der Waals surface area contributed by atoms with Gasteiger partial charge in [-0.25, -0.2) is 0 Å². The van der Waals surface area contributed by atoms with Crippen molar-refractivity contribution >= 4 is 27.5 Å². The lowest BCUT2D eigenvalue weighted by molar-refractivity contribution is -0.274. The van der Waals surface area contributed by atoms with Crippen LogP contribution < -0.4 is 9.47 Å². The van der Waals surface area contributed by atoms with Crippen molar-refractivity contribution in [3.63, 3.8) is 0 Å². The third-order valence-electron chi connectivity index (χ3n) is 2.96. The highest BCUT2D eigenvalue weighted by molar-refractivity contribution is 9.10. The van der Waals surface area contributed by atoms with Crippen LogP contribution >= 0.6 is 27.5 Å². The summed E-state index contributed by atoms with van der Waals surface area (Å²) >= 11 is 9.05. The first-order valence-electron chi connectivity index (χ1n) is 6.27. The Hall–Kier alpha value is -0.660. The first-order valence-corrected chi connectivity index (χ1v) is 7.50. The molecule has 1 aliphatic carbocycles. The van der Waals surface area contributed by atoms with Gasteiger partial charge in [0.2, 0.25) is 0 Å². The molecule has 1 aromatic carbocycles. The van der Waals surface area contributed by atoms with E-state index in [0.717, 1.165) is 0 Å². The van der Waals surface area contributed by atoms with Crippen molar-refractivity contribution in [1.29, 1.82) is 0 Å². The summed E-state index contributed by atoms with van der Waals surface area (Å²) in [4.78, 5) is 0. The molecule has 0 aliphatic heterocycles. The van der Waals surface area contributed by atoms with E-state index >= 15 is 0 Å². The lowest BCUT2D eigenvalue weighted by Crippen LogP contribution is -2.52. The molecule has 1 aliphatic rings. The summed E-state index contributed by atoms with van der Waals surface area (Å²) < 4.78 is 51.7. The molecule has 3 nitrogen and oxygen atoms in total. The molecule has 0 amide bonds. The van der Waals surface area contributed by atoms with Gasteiger partial charge in [0.15, 0.2) is 0 Å². The molecular weight excluding hydrogens is 376 g/mol. The second-order valence-electron chi connectivity index (χ2n) is 4.47. The van der Waals surface area contributed by atoms with E-state index in [2.05, 4.69) is 20.7 Å². The van der Waals surface area contributed by atoms with Crippen molar-refractivity contribution in [3.8, 4) is 11.5 Å². The summed E-state index contributed by atoms with van der Waals surface area (Å²) in [5, 5.41) is -0.105. The fourth-order valence-corrected chi connectivity index (χ4v) is 2.83. The molecule has 0 bridgehead atoms. The fraction of sp³-hybridized carbons (Fsp3) is 0.538. The molecule has 1 aromatic rings. The van der Waals surface area contributed by atoms with Crippen LogP contribution in [-0.2, 0) is 4.74 Å². The minimum atomic E-state index is -4.73. The molecule has 118 valence electrons. The second-order valence-corrected chi connectivity index (χ2v) is 5.88. The van der Waals surface area contributed by atoms with Gasteiger partial charge in [-0.05, 0) is 41.1 Å². The molecule has 0 aromatic heterocycles. The molecule has 21 heavy (non-hydrogen) atoms. The van der Waals surface area contributed by atoms with Crippen LogP contribution in [-0.4, -0.2) is 30.6 Å². The minimum absolute atomic E-state index is 0.105. The van der Waals surface area contributed by atoms with Gasteiger partial charge in [0.25, 0.3) is 0 Å². The summed E-state index contributed by atoms with van der Waals surface area (Å²) in [6, 6.07) is 4.03. The van der Waals surface area contributed by atoms with Crippen LogP contribution in [0.5, 0.6) is 11.5 Å². The van der Waals surface area contributed by atoms with E-state index in [4.69, 9.17) is 21.1 Å². The fourth-order valence-electron chi connectivity index (χ4n) is 1.98. The van der Waals surface area contributed by atoms with Crippen molar-refractivity contribution in [2.45, 2.75) is 37.3 Å². The Labute approximate surface area is 133 Å². The van der Waals surface area contributed by atoms with Gasteiger partial charge in [-0.1, -0.05) is 0 Å². The zero-order chi connectivity index (χ0) is 15.6. The molecule has 3 unspecified atom stereocenters. The summed E-state index contributed by atoms with van der Waals surface area (Å²) in [5.74, 6) is 0.106. The Morgan fingerprint density at radius 1 is 1.38 bits per heavy atom. The quantitative estimate of drug-likeness (QED) is 0.694. The van der Waals surface area contributed by atoms with Crippen LogP contribution in [0.25, 0.3) is 0 Å². The third-order valence-corrected chi connectivity index (χ3v) is 4.00. The highest BCUT2D eigenvalue weighted by Gasteiger charge is 2.42. The van der Waals surface area contributed by atoms with E-state index < -0.39 is 6.36 Å². The van der Waals surface area contributed by atoms with Crippen LogP contribution in [0.4, 0.5) is 13.2 Å². The van der Waals surface area contributed by atoms with E-state index in [9.17, 15) is 13.2 Å². The maximum atomic E-state index is 12.2. The monoisotopic (exact) mass is 388 g/mol. The van der Waals surface area contributed by atoms with Crippen LogP contribution in [0.1, 0.15) is 13.3 Å². The maximum absolute atomic E-state index is 12.2. The van der Waals surface area contributed by atoms with Gasteiger partial charge in [0.1, 0.15) is 23.7 Å². The number of rotatable bonds is 5. The standard InChI is InChI=1S/C13H13BrClF3O3/c1-2-19-12-9(15)6-11(12)20-7-3-4-10(8(14)5-7)21-13(16,17)18/h3-5,9,11-12H,2,6H2,1H3. The Morgan fingerprint density at radius 3 is 2.62 bits per heavy atom. The number of hydrogen-bond acceptors (Lipinski definition) is 3. The van der Waals surface area contributed by atoms with Gasteiger partial charge >= 0.3 is 6.36 Å². The van der Waals surface area contributed by atoms with Gasteiger partial charge < -0.3 is 14.2 Å². The zero-order valence-electron chi connectivity index (χ0n) is 11.0. The van der Waals surface area contributed by atoms with Crippen LogP contribution in [0.2, 0.25) is 0 Å². The van der Waals surface area contributed by atoms with E-state index in [1.54, 1.807) is 0 Å². The van der Waals surface area contributed by atoms with Gasteiger partial charge in [-0.15, -0.1) is 24.8 Å². The van der Waals surface area contributed by atoms with E-state index in [0.29, 0.717) is 18.8 Å². The number of benzene rings is 1. The first-order chi connectivity index (χ1) is 9.80. The van der Waals surface area contributed by atoms with Gasteiger partial charge in [-0.3, -0.25) is 0 Å². The molecule has 3 atom stereocenters. The van der Waals surface area contributed by atoms with Crippen LogP contribution in [0.3, 0.4) is 0 Å². The molecule has 0 saturated heterocycles. The largest absolute Gasteiger partial charge is 0.573 e. The lowest BCUT2D eigenvalue weighted by atomic mass is 9.91. The lowest BCUT2D eigenvalue weighted by Gasteiger charge is -2.40. The number of alkyl halides is 4. The SMILES string of the molecule is CCOC1C(Cl)CC1Oc1ccc(OC(F)(F)F)c(Br)c1. The normalized spacial score (nSPS) is 25.3. The Bertz CT molecular complexity index is 498. The zero-order valence-corrected chi connectivity index (χ0v) is 13.3. The van der Waals surface area contributed by atoms with Crippen LogP contribution in [0, 0.1) is 0 Å². The summed E-state index contributed by atoms with van der Waals surface area (Å²) in [7, 11) is 0. The van der Waals surface area contributed by atoms with Crippen molar-refractivity contribution in [2.75, 3.05) is 6.61 Å². The Balaban J connectivity index is 2.01. The Kier molecular flexibility index (Phi) is 5.27. The molecule has 8 heteroatoms. The van der Waals surface area contributed by atoms with E-state index in [1.165, 1.54) is 18.2 Å². The second kappa shape index (κ2) is 6.62. The van der Waals surface area contributed by atoms with Crippen molar-refractivity contribution in [1.82, 2.24) is 0 Å². The highest BCUT2D eigenvalue weighted by atomic mass is 79.9. The average molecular weight is 390 g/mol. The first kappa shape index (κ1) is 16.7. The third kappa shape index (κ3) is 4.40. The molecule has 0 N–H and O–H groups in total. The van der Waals surface area contributed by atoms with Gasteiger partial charge in [0, 0.05) is 13.0 Å². The van der Waals surface area contributed by atoms with Crippen molar-refractivity contribution in [3.05, 3.63) is 22.7 Å². The summed E-state index contributed by atoms with van der Waals surface area (Å²) in [5.41, 5.74) is 0. The summed E-state index contributed by atoms with van der Waals surface area (Å²) in [6.07, 6.45) is -4.51. The topological polar surface area (TPSA) is 27.7 Å². The molecule has 0 heterocycles. The molecule has 0 spiro atoms. The molecule has 1 saturated carbocycles. The molecule has 1 fully saturated rings. The van der Waals surface area contributed by atoms with E-state index in [1.807, 2.05) is 6.92 Å². The van der Waals surface area contributed by atoms with Gasteiger partial charge in [0.05, 0.1) is 9.85 Å². The average Bonchev–Trinajstić information content (AvgIpc) is 2.37. The van der Waals surface area contributed by atoms with E-state index in [-0.39, 0.29) is 27.8 Å². The van der Waals surface area contributed by atoms with Crippen molar-refractivity contribution in [2.24, 2.45) is 0 Å². The summed E-state index contributed by atoms with van der Waals surface area (Å²) in [6.45, 7) is 2.38.